The minimum absolute atomic E-state index is 0.165. The number of amides is 1. The predicted octanol–water partition coefficient (Wildman–Crippen LogP) is 3.37. The monoisotopic (exact) mass is 382 g/mol. The molecule has 9 heteroatoms. The number of hydrogen-bond acceptors (Lipinski definition) is 5. The fourth-order valence-electron chi connectivity index (χ4n) is 2.42. The van der Waals surface area contributed by atoms with Crippen LogP contribution in [0.25, 0.3) is 0 Å². The molecule has 0 saturated heterocycles. The van der Waals surface area contributed by atoms with Crippen LogP contribution in [0, 0.1) is 0 Å². The fourth-order valence-corrected chi connectivity index (χ4v) is 2.42. The van der Waals surface area contributed by atoms with Crippen molar-refractivity contribution in [3.8, 4) is 17.4 Å². The van der Waals surface area contributed by atoms with Crippen LogP contribution in [-0.2, 0) is 11.2 Å². The van der Waals surface area contributed by atoms with E-state index in [-0.39, 0.29) is 18.2 Å². The molecule has 2 aromatic rings. The summed E-state index contributed by atoms with van der Waals surface area (Å²) in [5, 5.41) is 2.64. The zero-order valence-electron chi connectivity index (χ0n) is 14.2. The molecule has 3 rings (SSSR count). The summed E-state index contributed by atoms with van der Waals surface area (Å²) in [5.41, 5.74) is 1.31. The molecule has 1 aromatic heterocycles. The molecule has 0 fully saturated rings. The van der Waals surface area contributed by atoms with Gasteiger partial charge in [-0.25, -0.2) is 4.98 Å². The second kappa shape index (κ2) is 8.15. The lowest BCUT2D eigenvalue weighted by Crippen LogP contribution is -2.19. The highest BCUT2D eigenvalue weighted by Crippen LogP contribution is 2.31. The molecule has 0 unspecified atom stereocenters. The third kappa shape index (κ3) is 5.77. The van der Waals surface area contributed by atoms with Gasteiger partial charge >= 0.3 is 6.18 Å². The molecule has 6 nitrogen and oxygen atoms in total. The lowest BCUT2D eigenvalue weighted by atomic mass is 10.1. The molecular weight excluding hydrogens is 365 g/mol. The number of ether oxygens (including phenoxy) is 3. The van der Waals surface area contributed by atoms with E-state index in [1.807, 2.05) is 18.2 Å². The molecule has 0 atom stereocenters. The molecule has 0 saturated carbocycles. The van der Waals surface area contributed by atoms with Crippen molar-refractivity contribution in [2.24, 2.45) is 0 Å². The summed E-state index contributed by atoms with van der Waals surface area (Å²) in [6.07, 6.45) is -2.45. The number of rotatable bonds is 6. The maximum Gasteiger partial charge on any atom is 0.422 e. The van der Waals surface area contributed by atoms with Gasteiger partial charge in [-0.3, -0.25) is 4.79 Å². The average molecular weight is 382 g/mol. The Hall–Kier alpha value is -2.97. The van der Waals surface area contributed by atoms with Crippen molar-refractivity contribution in [2.45, 2.75) is 19.0 Å². The molecular formula is C18H17F3N2O4. The van der Waals surface area contributed by atoms with E-state index in [4.69, 9.17) is 9.47 Å². The Balaban J connectivity index is 1.48. The molecule has 27 heavy (non-hydrogen) atoms. The van der Waals surface area contributed by atoms with Gasteiger partial charge in [0.2, 0.25) is 11.8 Å². The van der Waals surface area contributed by atoms with Crippen LogP contribution in [0.2, 0.25) is 0 Å². The van der Waals surface area contributed by atoms with Crippen molar-refractivity contribution in [2.75, 3.05) is 25.1 Å². The lowest BCUT2D eigenvalue weighted by molar-refractivity contribution is -0.154. The molecule has 0 radical (unpaired) electrons. The van der Waals surface area contributed by atoms with Crippen molar-refractivity contribution in [1.29, 1.82) is 0 Å². The van der Waals surface area contributed by atoms with Gasteiger partial charge in [0.1, 0.15) is 13.2 Å². The zero-order valence-corrected chi connectivity index (χ0v) is 14.2. The van der Waals surface area contributed by atoms with Crippen LogP contribution in [0.3, 0.4) is 0 Å². The van der Waals surface area contributed by atoms with E-state index in [9.17, 15) is 18.0 Å². The van der Waals surface area contributed by atoms with Gasteiger partial charge in [-0.2, -0.15) is 13.2 Å². The van der Waals surface area contributed by atoms with Gasteiger partial charge in [-0.1, -0.05) is 6.07 Å². The van der Waals surface area contributed by atoms with E-state index < -0.39 is 12.8 Å². The third-order valence-corrected chi connectivity index (χ3v) is 3.65. The summed E-state index contributed by atoms with van der Waals surface area (Å²) in [6.45, 7) is -0.406. The zero-order chi connectivity index (χ0) is 19.3. The predicted molar refractivity (Wildman–Crippen MR) is 90.2 cm³/mol. The number of pyridine rings is 1. The van der Waals surface area contributed by atoms with Gasteiger partial charge in [-0.15, -0.1) is 0 Å². The van der Waals surface area contributed by atoms with E-state index >= 15 is 0 Å². The van der Waals surface area contributed by atoms with Crippen molar-refractivity contribution in [3.05, 3.63) is 42.1 Å². The van der Waals surface area contributed by atoms with E-state index in [0.717, 1.165) is 5.56 Å². The number of aryl methyl sites for hydroxylation is 1. The van der Waals surface area contributed by atoms with Crippen LogP contribution >= 0.6 is 0 Å². The highest BCUT2D eigenvalue weighted by molar-refractivity contribution is 5.90. The number of anilines is 1. The molecule has 1 aliphatic rings. The van der Waals surface area contributed by atoms with Gasteiger partial charge in [0.25, 0.3) is 0 Å². The van der Waals surface area contributed by atoms with Crippen LogP contribution in [0.15, 0.2) is 36.5 Å². The van der Waals surface area contributed by atoms with Gasteiger partial charge in [0.05, 0.1) is 11.9 Å². The number of nitrogens with one attached hydrogen (secondary N) is 1. The average Bonchev–Trinajstić information content (AvgIpc) is 2.65. The maximum atomic E-state index is 12.1. The Kier molecular flexibility index (Phi) is 5.68. The molecule has 0 aliphatic carbocycles. The van der Waals surface area contributed by atoms with E-state index in [2.05, 4.69) is 15.0 Å². The number of aromatic nitrogens is 1. The summed E-state index contributed by atoms with van der Waals surface area (Å²) in [7, 11) is 0. The topological polar surface area (TPSA) is 69.7 Å². The number of alkyl halides is 3. The molecule has 0 spiro atoms. The summed E-state index contributed by atoms with van der Waals surface area (Å²) < 4.78 is 51.7. The Morgan fingerprint density at radius 3 is 2.63 bits per heavy atom. The van der Waals surface area contributed by atoms with Crippen molar-refractivity contribution < 1.29 is 32.2 Å². The Bertz CT molecular complexity index is 794. The van der Waals surface area contributed by atoms with Crippen molar-refractivity contribution in [1.82, 2.24) is 4.98 Å². The number of halogens is 3. The number of carbonyl (C=O) groups excluding carboxylic acids is 1. The maximum absolute atomic E-state index is 12.1. The Labute approximate surface area is 153 Å². The summed E-state index contributed by atoms with van der Waals surface area (Å²) >= 11 is 0. The molecule has 2 heterocycles. The van der Waals surface area contributed by atoms with Crippen LogP contribution in [0.4, 0.5) is 18.9 Å². The van der Waals surface area contributed by atoms with Crippen molar-refractivity contribution in [3.63, 3.8) is 0 Å². The van der Waals surface area contributed by atoms with Gasteiger partial charge in [0.15, 0.2) is 18.1 Å². The number of hydrogen-bond donors (Lipinski definition) is 1. The lowest BCUT2D eigenvalue weighted by Gasteiger charge is -2.18. The summed E-state index contributed by atoms with van der Waals surface area (Å²) in [6, 6.07) is 8.22. The summed E-state index contributed by atoms with van der Waals surface area (Å²) in [5.74, 6) is 0.948. The van der Waals surface area contributed by atoms with E-state index in [1.165, 1.54) is 18.3 Å². The first-order valence-corrected chi connectivity index (χ1v) is 8.23. The normalized spacial score (nSPS) is 13.1. The standard InChI is InChI=1S/C18H17F3N2O4/c19-18(20,21)11-27-17-6-3-13(10-22-17)23-16(24)5-2-12-1-4-14-15(9-12)26-8-7-25-14/h1,3-4,6,9-10H,2,5,7-8,11H2,(H,23,24). The number of fused-ring (bicyclic) bond motifs is 1. The molecule has 0 bridgehead atoms. The minimum Gasteiger partial charge on any atom is -0.486 e. The van der Waals surface area contributed by atoms with Crippen LogP contribution in [-0.4, -0.2) is 36.9 Å². The first kappa shape index (κ1) is 18.8. The molecule has 144 valence electrons. The van der Waals surface area contributed by atoms with Gasteiger partial charge < -0.3 is 19.5 Å². The number of nitrogens with zero attached hydrogens (tertiary/aromatic N) is 1. The number of carbonyl (C=O) groups is 1. The highest BCUT2D eigenvalue weighted by atomic mass is 19.4. The van der Waals surface area contributed by atoms with Crippen molar-refractivity contribution >= 4 is 11.6 Å². The first-order chi connectivity index (χ1) is 12.9. The van der Waals surface area contributed by atoms with Crippen LogP contribution in [0.5, 0.6) is 17.4 Å². The molecule has 1 aliphatic heterocycles. The largest absolute Gasteiger partial charge is 0.486 e. The second-order valence-corrected chi connectivity index (χ2v) is 5.82. The summed E-state index contributed by atoms with van der Waals surface area (Å²) in [4.78, 5) is 15.8. The minimum atomic E-state index is -4.43. The second-order valence-electron chi connectivity index (χ2n) is 5.82. The Morgan fingerprint density at radius 2 is 1.93 bits per heavy atom. The number of benzene rings is 1. The third-order valence-electron chi connectivity index (χ3n) is 3.65. The fraction of sp³-hybridized carbons (Fsp3) is 0.333. The smallest absolute Gasteiger partial charge is 0.422 e. The van der Waals surface area contributed by atoms with Crippen LogP contribution < -0.4 is 19.5 Å². The van der Waals surface area contributed by atoms with E-state index in [0.29, 0.717) is 36.8 Å². The SMILES string of the molecule is O=C(CCc1ccc2c(c1)OCCO2)Nc1ccc(OCC(F)(F)F)nc1. The van der Waals surface area contributed by atoms with E-state index in [1.54, 1.807) is 0 Å². The van der Waals surface area contributed by atoms with Crippen LogP contribution in [0.1, 0.15) is 12.0 Å². The van der Waals surface area contributed by atoms with Gasteiger partial charge in [-0.05, 0) is 30.2 Å². The Morgan fingerprint density at radius 1 is 1.15 bits per heavy atom. The quantitative estimate of drug-likeness (QED) is 0.830. The first-order valence-electron chi connectivity index (χ1n) is 8.23. The molecule has 1 aromatic carbocycles. The molecule has 1 N–H and O–H groups in total. The molecule has 1 amide bonds. The van der Waals surface area contributed by atoms with Gasteiger partial charge in [0, 0.05) is 12.5 Å². The highest BCUT2D eigenvalue weighted by Gasteiger charge is 2.28.